The molecule has 0 N–H and O–H groups in total. The molecule has 90 valence electrons. The van der Waals surface area contributed by atoms with Crippen molar-refractivity contribution in [2.24, 2.45) is 0 Å². The molecule has 6 heteroatoms. The summed E-state index contributed by atoms with van der Waals surface area (Å²) in [7, 11) is 1.78. The lowest BCUT2D eigenvalue weighted by molar-refractivity contribution is 0.322. The maximum absolute atomic E-state index is 11.6. The van der Waals surface area contributed by atoms with Gasteiger partial charge in [0.05, 0.1) is 11.2 Å². The summed E-state index contributed by atoms with van der Waals surface area (Å²) < 4.78 is 24.8. The largest absolute Gasteiger partial charge is 0.278 e. The minimum atomic E-state index is -3.73. The quantitative estimate of drug-likeness (QED) is 0.728. The Morgan fingerprint density at radius 1 is 1.31 bits per heavy atom. The van der Waals surface area contributed by atoms with E-state index in [1.165, 1.54) is 0 Å². The van der Waals surface area contributed by atoms with Crippen molar-refractivity contribution in [1.29, 1.82) is 0 Å². The first-order valence-corrected chi connectivity index (χ1v) is 7.58. The number of aryl methyl sites for hydroxylation is 1. The minimum Gasteiger partial charge on any atom is -0.247 e. The Hall–Kier alpha value is -0.550. The van der Waals surface area contributed by atoms with Crippen LogP contribution in [0.1, 0.15) is 38.4 Å². The zero-order chi connectivity index (χ0) is 12.1. The van der Waals surface area contributed by atoms with E-state index in [4.69, 9.17) is 10.7 Å². The van der Waals surface area contributed by atoms with Gasteiger partial charge in [-0.25, -0.2) is 13.1 Å². The van der Waals surface area contributed by atoms with Gasteiger partial charge in [0.2, 0.25) is 0 Å². The Morgan fingerprint density at radius 2 is 1.94 bits per heavy atom. The molecule has 0 aromatic carbocycles. The lowest BCUT2D eigenvalue weighted by atomic mass is 10.1. The van der Waals surface area contributed by atoms with Crippen LogP contribution < -0.4 is 0 Å². The van der Waals surface area contributed by atoms with E-state index in [2.05, 4.69) is 5.10 Å². The standard InChI is InChI=1S/C10H15ClN2O2S/c1-10(2,3)13-9(16(11,14)15)7-5-4-6-8(7)12-13/h4-6H2,1-3H3. The lowest BCUT2D eigenvalue weighted by Crippen LogP contribution is -2.26. The molecule has 1 aliphatic rings. The maximum Gasteiger partial charge on any atom is 0.278 e. The van der Waals surface area contributed by atoms with Crippen LogP contribution in [-0.2, 0) is 27.4 Å². The monoisotopic (exact) mass is 262 g/mol. The van der Waals surface area contributed by atoms with E-state index in [0.29, 0.717) is 0 Å². The molecule has 16 heavy (non-hydrogen) atoms. The summed E-state index contributed by atoms with van der Waals surface area (Å²) in [6, 6.07) is 0. The van der Waals surface area contributed by atoms with Gasteiger partial charge in [0, 0.05) is 16.2 Å². The van der Waals surface area contributed by atoms with Crippen LogP contribution in [0.4, 0.5) is 0 Å². The van der Waals surface area contributed by atoms with Crippen molar-refractivity contribution >= 4 is 19.7 Å². The molecule has 0 spiro atoms. The zero-order valence-electron chi connectivity index (χ0n) is 9.62. The van der Waals surface area contributed by atoms with Crippen molar-refractivity contribution in [3.05, 3.63) is 11.3 Å². The van der Waals surface area contributed by atoms with Gasteiger partial charge in [-0.2, -0.15) is 5.10 Å². The predicted octanol–water partition coefficient (Wildman–Crippen LogP) is 2.05. The molecule has 0 atom stereocenters. The molecule has 0 fully saturated rings. The molecular formula is C10H15ClN2O2S. The fourth-order valence-electron chi connectivity index (χ4n) is 2.07. The summed E-state index contributed by atoms with van der Waals surface area (Å²) in [6.45, 7) is 5.75. The molecule has 0 saturated heterocycles. The Kier molecular flexibility index (Phi) is 2.58. The van der Waals surface area contributed by atoms with Crippen LogP contribution in [0.25, 0.3) is 0 Å². The third-order valence-electron chi connectivity index (χ3n) is 2.73. The van der Waals surface area contributed by atoms with Gasteiger partial charge in [-0.3, -0.25) is 0 Å². The van der Waals surface area contributed by atoms with E-state index >= 15 is 0 Å². The Bertz CT molecular complexity index is 526. The predicted molar refractivity (Wildman–Crippen MR) is 62.3 cm³/mol. The van der Waals surface area contributed by atoms with Crippen LogP contribution >= 0.6 is 10.7 Å². The normalized spacial score (nSPS) is 16.5. The van der Waals surface area contributed by atoms with Crippen LogP contribution in [0.15, 0.2) is 5.03 Å². The van der Waals surface area contributed by atoms with E-state index in [0.717, 1.165) is 30.5 Å². The zero-order valence-corrected chi connectivity index (χ0v) is 11.2. The second-order valence-electron chi connectivity index (χ2n) is 5.10. The van der Waals surface area contributed by atoms with Gasteiger partial charge in [0.15, 0.2) is 5.03 Å². The number of nitrogens with zero attached hydrogens (tertiary/aromatic N) is 2. The molecule has 0 amide bonds. The molecule has 1 aliphatic carbocycles. The molecule has 0 bridgehead atoms. The molecule has 0 saturated carbocycles. The molecule has 1 aromatic heterocycles. The smallest absolute Gasteiger partial charge is 0.247 e. The summed E-state index contributed by atoms with van der Waals surface area (Å²) in [6.07, 6.45) is 2.56. The highest BCUT2D eigenvalue weighted by atomic mass is 35.7. The average Bonchev–Trinajstić information content (AvgIpc) is 2.53. The van der Waals surface area contributed by atoms with Crippen LogP contribution in [0.2, 0.25) is 0 Å². The molecule has 0 radical (unpaired) electrons. The first kappa shape index (κ1) is 11.9. The number of fused-ring (bicyclic) bond motifs is 1. The SMILES string of the molecule is CC(C)(C)n1nc2c(c1S(=O)(=O)Cl)CCC2. The molecule has 0 aliphatic heterocycles. The van der Waals surface area contributed by atoms with Crippen LogP contribution in [-0.4, -0.2) is 18.2 Å². The van der Waals surface area contributed by atoms with Gasteiger partial charge in [-0.1, -0.05) is 0 Å². The molecule has 1 aromatic rings. The maximum atomic E-state index is 11.6. The van der Waals surface area contributed by atoms with Crippen LogP contribution in [0.3, 0.4) is 0 Å². The van der Waals surface area contributed by atoms with E-state index in [1.54, 1.807) is 4.68 Å². The van der Waals surface area contributed by atoms with E-state index < -0.39 is 9.05 Å². The topological polar surface area (TPSA) is 52.0 Å². The number of hydrogen-bond donors (Lipinski definition) is 0. The average molecular weight is 263 g/mol. The highest BCUT2D eigenvalue weighted by Gasteiger charge is 2.33. The van der Waals surface area contributed by atoms with E-state index in [-0.39, 0.29) is 10.6 Å². The van der Waals surface area contributed by atoms with Gasteiger partial charge < -0.3 is 0 Å². The number of hydrogen-bond acceptors (Lipinski definition) is 3. The van der Waals surface area contributed by atoms with Crippen molar-refractivity contribution in [2.45, 2.75) is 50.6 Å². The highest BCUT2D eigenvalue weighted by molar-refractivity contribution is 8.13. The first-order valence-electron chi connectivity index (χ1n) is 5.27. The molecule has 1 heterocycles. The van der Waals surface area contributed by atoms with Crippen LogP contribution in [0.5, 0.6) is 0 Å². The molecule has 4 nitrogen and oxygen atoms in total. The fraction of sp³-hybridized carbons (Fsp3) is 0.700. The second-order valence-corrected chi connectivity index (χ2v) is 7.59. The molecule has 2 rings (SSSR count). The summed E-state index contributed by atoms with van der Waals surface area (Å²) in [5.41, 5.74) is 1.32. The lowest BCUT2D eigenvalue weighted by Gasteiger charge is -2.21. The minimum absolute atomic E-state index is 0.189. The summed E-state index contributed by atoms with van der Waals surface area (Å²) in [4.78, 5) is 0. The van der Waals surface area contributed by atoms with Crippen molar-refractivity contribution < 1.29 is 8.42 Å². The number of halogens is 1. The number of rotatable bonds is 1. The van der Waals surface area contributed by atoms with Gasteiger partial charge >= 0.3 is 0 Å². The van der Waals surface area contributed by atoms with Crippen molar-refractivity contribution in [3.8, 4) is 0 Å². The van der Waals surface area contributed by atoms with Crippen molar-refractivity contribution in [2.75, 3.05) is 0 Å². The molecular weight excluding hydrogens is 248 g/mol. The Balaban J connectivity index is 2.73. The Morgan fingerprint density at radius 3 is 2.44 bits per heavy atom. The summed E-state index contributed by atoms with van der Waals surface area (Å²) in [5.74, 6) is 0. The first-order chi connectivity index (χ1) is 7.21. The fourth-order valence-corrected chi connectivity index (χ4v) is 3.58. The van der Waals surface area contributed by atoms with Crippen molar-refractivity contribution in [1.82, 2.24) is 9.78 Å². The summed E-state index contributed by atoms with van der Waals surface area (Å²) in [5, 5.41) is 4.57. The summed E-state index contributed by atoms with van der Waals surface area (Å²) >= 11 is 0. The highest BCUT2D eigenvalue weighted by Crippen LogP contribution is 2.33. The third-order valence-corrected chi connectivity index (χ3v) is 4.05. The third kappa shape index (κ3) is 1.86. The molecule has 0 unspecified atom stereocenters. The van der Waals surface area contributed by atoms with E-state index in [1.807, 2.05) is 20.8 Å². The van der Waals surface area contributed by atoms with Gasteiger partial charge in [0.25, 0.3) is 9.05 Å². The van der Waals surface area contributed by atoms with Gasteiger partial charge in [0.1, 0.15) is 0 Å². The van der Waals surface area contributed by atoms with E-state index in [9.17, 15) is 8.42 Å². The van der Waals surface area contributed by atoms with Gasteiger partial charge in [-0.05, 0) is 40.0 Å². The second kappa shape index (κ2) is 3.47. The van der Waals surface area contributed by atoms with Crippen LogP contribution in [0, 0.1) is 0 Å². The van der Waals surface area contributed by atoms with Crippen molar-refractivity contribution in [3.63, 3.8) is 0 Å². The number of aromatic nitrogens is 2. The Labute approximate surface area is 100 Å². The van der Waals surface area contributed by atoms with Gasteiger partial charge in [-0.15, -0.1) is 0 Å².